The first-order chi connectivity index (χ1) is 8.69. The minimum absolute atomic E-state index is 0.451. The molecule has 1 nitrogen and oxygen atoms in total. The van der Waals surface area contributed by atoms with Gasteiger partial charge in [-0.05, 0) is 58.1 Å². The van der Waals surface area contributed by atoms with Crippen LogP contribution in [0.5, 0.6) is 0 Å². The average Bonchev–Trinajstić information content (AvgIpc) is 2.39. The van der Waals surface area contributed by atoms with E-state index < -0.39 is 0 Å². The molecule has 0 aliphatic carbocycles. The van der Waals surface area contributed by atoms with Crippen LogP contribution in [0.4, 0.5) is 0 Å². The van der Waals surface area contributed by atoms with Gasteiger partial charge in [0.1, 0.15) is 0 Å². The number of hydrogen-bond acceptors (Lipinski definition) is 1. The molecule has 0 amide bonds. The Bertz CT molecular complexity index is 493. The van der Waals surface area contributed by atoms with Gasteiger partial charge in [-0.3, -0.25) is 4.98 Å². The molecule has 0 aliphatic rings. The molecule has 4 heteroatoms. The van der Waals surface area contributed by atoms with Crippen LogP contribution in [0.2, 0.25) is 0 Å². The molecule has 2 rings (SSSR count). The van der Waals surface area contributed by atoms with Crippen molar-refractivity contribution in [3.8, 4) is 0 Å². The molecular weight excluding hydrogens is 422 g/mol. The van der Waals surface area contributed by atoms with Crippen molar-refractivity contribution in [1.82, 2.24) is 4.98 Å². The lowest BCUT2D eigenvalue weighted by atomic mass is 9.96. The maximum absolute atomic E-state index is 4.43. The Kier molecular flexibility index (Phi) is 5.39. The van der Waals surface area contributed by atoms with Crippen molar-refractivity contribution in [2.24, 2.45) is 0 Å². The highest BCUT2D eigenvalue weighted by atomic mass is 79.9. The quantitative estimate of drug-likeness (QED) is 0.594. The molecular formula is C14H12Br3N. The maximum Gasteiger partial charge on any atom is 0.0413 e. The van der Waals surface area contributed by atoms with E-state index in [0.717, 1.165) is 26.4 Å². The van der Waals surface area contributed by atoms with Crippen molar-refractivity contribution in [3.63, 3.8) is 0 Å². The van der Waals surface area contributed by atoms with Crippen molar-refractivity contribution >= 4 is 47.8 Å². The third-order valence-electron chi connectivity index (χ3n) is 2.77. The Morgan fingerprint density at radius 3 is 2.17 bits per heavy atom. The van der Waals surface area contributed by atoms with Gasteiger partial charge in [-0.15, -0.1) is 0 Å². The van der Waals surface area contributed by atoms with Crippen LogP contribution in [0.3, 0.4) is 0 Å². The molecule has 0 bridgehead atoms. The molecule has 1 aromatic carbocycles. The van der Waals surface area contributed by atoms with E-state index in [1.165, 1.54) is 5.56 Å². The summed E-state index contributed by atoms with van der Waals surface area (Å²) < 4.78 is 2.13. The molecule has 0 saturated carbocycles. The normalized spacial score (nSPS) is 12.4. The van der Waals surface area contributed by atoms with Crippen LogP contribution in [0.1, 0.15) is 17.2 Å². The van der Waals surface area contributed by atoms with E-state index in [2.05, 4.69) is 83.1 Å². The highest BCUT2D eigenvalue weighted by Crippen LogP contribution is 2.24. The zero-order chi connectivity index (χ0) is 13.0. The summed E-state index contributed by atoms with van der Waals surface area (Å²) in [5.74, 6) is 0.451. The van der Waals surface area contributed by atoms with Crippen molar-refractivity contribution in [2.45, 2.75) is 12.3 Å². The second-order valence-electron chi connectivity index (χ2n) is 4.07. The Morgan fingerprint density at radius 1 is 0.944 bits per heavy atom. The maximum atomic E-state index is 4.43. The Morgan fingerprint density at radius 2 is 1.61 bits per heavy atom. The fraction of sp³-hybridized carbons (Fsp3) is 0.214. The van der Waals surface area contributed by atoms with Crippen LogP contribution in [0.15, 0.2) is 51.5 Å². The summed E-state index contributed by atoms with van der Waals surface area (Å²) in [6, 6.07) is 12.6. The van der Waals surface area contributed by atoms with Crippen molar-refractivity contribution in [2.75, 3.05) is 5.33 Å². The van der Waals surface area contributed by atoms with Gasteiger partial charge >= 0.3 is 0 Å². The highest BCUT2D eigenvalue weighted by Gasteiger charge is 2.11. The van der Waals surface area contributed by atoms with Gasteiger partial charge in [-0.2, -0.15) is 0 Å². The number of benzene rings is 1. The molecule has 1 atom stereocenters. The van der Waals surface area contributed by atoms with E-state index >= 15 is 0 Å². The van der Waals surface area contributed by atoms with E-state index in [-0.39, 0.29) is 0 Å². The summed E-state index contributed by atoms with van der Waals surface area (Å²) in [7, 11) is 0. The molecule has 2 aromatic rings. The molecule has 1 unspecified atom stereocenters. The topological polar surface area (TPSA) is 12.9 Å². The zero-order valence-corrected chi connectivity index (χ0v) is 14.4. The van der Waals surface area contributed by atoms with Crippen molar-refractivity contribution in [3.05, 3.63) is 62.8 Å². The average molecular weight is 434 g/mol. The Labute approximate surface area is 132 Å². The van der Waals surface area contributed by atoms with Gasteiger partial charge in [0.2, 0.25) is 0 Å². The lowest BCUT2D eigenvalue weighted by molar-refractivity contribution is 0.755. The minimum Gasteiger partial charge on any atom is -0.260 e. The summed E-state index contributed by atoms with van der Waals surface area (Å²) in [5.41, 5.74) is 2.45. The second-order valence-corrected chi connectivity index (χ2v) is 6.55. The third kappa shape index (κ3) is 3.90. The fourth-order valence-corrected chi connectivity index (χ4v) is 2.88. The summed E-state index contributed by atoms with van der Waals surface area (Å²) in [6.45, 7) is 0. The number of nitrogens with zero attached hydrogens (tertiary/aromatic N) is 1. The summed E-state index contributed by atoms with van der Waals surface area (Å²) in [4.78, 5) is 4.43. The molecule has 94 valence electrons. The predicted octanol–water partition coefficient (Wildman–Crippen LogP) is 5.33. The monoisotopic (exact) mass is 431 g/mol. The lowest BCUT2D eigenvalue weighted by Crippen LogP contribution is -2.05. The number of alkyl halides is 1. The fourth-order valence-electron chi connectivity index (χ4n) is 1.78. The van der Waals surface area contributed by atoms with E-state index in [0.29, 0.717) is 5.92 Å². The summed E-state index contributed by atoms with van der Waals surface area (Å²) in [5, 5.41) is 0.937. The van der Waals surface area contributed by atoms with E-state index in [4.69, 9.17) is 0 Å². The van der Waals surface area contributed by atoms with Gasteiger partial charge in [-0.25, -0.2) is 0 Å². The summed E-state index contributed by atoms with van der Waals surface area (Å²) in [6.07, 6.45) is 2.79. The molecule has 18 heavy (non-hydrogen) atoms. The number of rotatable bonds is 4. The smallest absolute Gasteiger partial charge is 0.0413 e. The summed E-state index contributed by atoms with van der Waals surface area (Å²) >= 11 is 10.5. The number of aromatic nitrogens is 1. The highest BCUT2D eigenvalue weighted by molar-refractivity contribution is 9.10. The molecule has 0 N–H and O–H groups in total. The molecule has 0 radical (unpaired) electrons. The van der Waals surface area contributed by atoms with Gasteiger partial charge < -0.3 is 0 Å². The van der Waals surface area contributed by atoms with Crippen LogP contribution in [-0.4, -0.2) is 10.3 Å². The van der Waals surface area contributed by atoms with Gasteiger partial charge in [-0.1, -0.05) is 44.0 Å². The first-order valence-electron chi connectivity index (χ1n) is 5.61. The standard InChI is InChI=1S/C14H12Br3N/c15-8-11(10-1-3-12(16)4-2-10)7-14-6-5-13(17)9-18-14/h1-6,9,11H,7-8H2. The molecule has 0 fully saturated rings. The van der Waals surface area contributed by atoms with Gasteiger partial charge in [0.25, 0.3) is 0 Å². The molecule has 1 aromatic heterocycles. The van der Waals surface area contributed by atoms with Gasteiger partial charge in [0.05, 0.1) is 0 Å². The molecule has 1 heterocycles. The predicted molar refractivity (Wildman–Crippen MR) is 86.3 cm³/mol. The van der Waals surface area contributed by atoms with Gasteiger partial charge in [0, 0.05) is 26.2 Å². The lowest BCUT2D eigenvalue weighted by Gasteiger charge is -2.14. The number of hydrogen-bond donors (Lipinski definition) is 0. The first kappa shape index (κ1) is 14.2. The number of halogens is 3. The van der Waals surface area contributed by atoms with Gasteiger partial charge in [0.15, 0.2) is 0 Å². The van der Waals surface area contributed by atoms with Crippen LogP contribution < -0.4 is 0 Å². The van der Waals surface area contributed by atoms with Crippen molar-refractivity contribution < 1.29 is 0 Å². The SMILES string of the molecule is BrCC(Cc1ccc(Br)cn1)c1ccc(Br)cc1. The van der Waals surface area contributed by atoms with E-state index in [9.17, 15) is 0 Å². The van der Waals surface area contributed by atoms with E-state index in [1.807, 2.05) is 12.3 Å². The Hall–Kier alpha value is -0.190. The van der Waals surface area contributed by atoms with E-state index in [1.54, 1.807) is 0 Å². The largest absolute Gasteiger partial charge is 0.260 e. The molecule has 0 aliphatic heterocycles. The Balaban J connectivity index is 2.14. The zero-order valence-electron chi connectivity index (χ0n) is 9.61. The second kappa shape index (κ2) is 6.83. The first-order valence-corrected chi connectivity index (χ1v) is 8.31. The number of pyridine rings is 1. The van der Waals surface area contributed by atoms with Crippen LogP contribution in [0.25, 0.3) is 0 Å². The molecule has 0 spiro atoms. The molecule has 0 saturated heterocycles. The van der Waals surface area contributed by atoms with Crippen LogP contribution >= 0.6 is 47.8 Å². The van der Waals surface area contributed by atoms with Crippen LogP contribution in [-0.2, 0) is 6.42 Å². The minimum atomic E-state index is 0.451. The van der Waals surface area contributed by atoms with Crippen molar-refractivity contribution in [1.29, 1.82) is 0 Å². The third-order valence-corrected chi connectivity index (χ3v) is 4.55. The van der Waals surface area contributed by atoms with Crippen LogP contribution in [0, 0.1) is 0 Å².